The molecule has 0 radical (unpaired) electrons. The number of amides is 1. The number of hydrogen-bond acceptors (Lipinski definition) is 3. The molecule has 3 N–H and O–H groups in total. The highest BCUT2D eigenvalue weighted by molar-refractivity contribution is 5.87. The normalized spacial score (nSPS) is 18.9. The molecule has 98 valence electrons. The van der Waals surface area contributed by atoms with Gasteiger partial charge in [-0.1, -0.05) is 25.1 Å². The molecule has 18 heavy (non-hydrogen) atoms. The maximum atomic E-state index is 12.1. The second-order valence-corrected chi connectivity index (χ2v) is 4.68. The van der Waals surface area contributed by atoms with Crippen LogP contribution in [0.15, 0.2) is 24.3 Å². The van der Waals surface area contributed by atoms with Crippen molar-refractivity contribution in [1.29, 1.82) is 0 Å². The van der Waals surface area contributed by atoms with Crippen LogP contribution in [0.4, 0.5) is 5.69 Å². The highest BCUT2D eigenvalue weighted by atomic mass is 16.3. The fourth-order valence-corrected chi connectivity index (χ4v) is 2.29. The van der Waals surface area contributed by atoms with Gasteiger partial charge in [0.1, 0.15) is 6.04 Å². The summed E-state index contributed by atoms with van der Waals surface area (Å²) in [5.74, 6) is 0.0199. The molecule has 2 atom stereocenters. The fourth-order valence-electron chi connectivity index (χ4n) is 2.29. The Hall–Kier alpha value is -1.55. The number of carbonyl (C=O) groups excluding carboxylic acids is 1. The summed E-state index contributed by atoms with van der Waals surface area (Å²) >= 11 is 0. The molecule has 2 unspecified atom stereocenters. The number of rotatable bonds is 5. The highest BCUT2D eigenvalue weighted by Crippen LogP contribution is 2.25. The molecule has 1 heterocycles. The van der Waals surface area contributed by atoms with Crippen molar-refractivity contribution >= 4 is 11.6 Å². The molecule has 1 aromatic rings. The minimum atomic E-state index is -0.185. The number of hydrogen-bond donors (Lipinski definition) is 3. The quantitative estimate of drug-likeness (QED) is 0.736. The van der Waals surface area contributed by atoms with Gasteiger partial charge in [0.15, 0.2) is 0 Å². The minimum absolute atomic E-state index is 0.0199. The third kappa shape index (κ3) is 2.82. The zero-order valence-electron chi connectivity index (χ0n) is 10.6. The van der Waals surface area contributed by atoms with E-state index in [1.165, 1.54) is 5.56 Å². The average Bonchev–Trinajstić information content (AvgIpc) is 2.82. The molecule has 0 fully saturated rings. The Kier molecular flexibility index (Phi) is 4.20. The molecule has 0 saturated heterocycles. The summed E-state index contributed by atoms with van der Waals surface area (Å²) in [7, 11) is 0. The van der Waals surface area contributed by atoms with Crippen LogP contribution in [-0.4, -0.2) is 29.7 Å². The largest absolute Gasteiger partial charge is 0.396 e. The molecule has 0 aromatic heterocycles. The van der Waals surface area contributed by atoms with Crippen LogP contribution in [0, 0.1) is 0 Å². The van der Waals surface area contributed by atoms with Crippen LogP contribution in [0.2, 0.25) is 0 Å². The number of nitrogens with one attached hydrogen (secondary N) is 2. The second-order valence-electron chi connectivity index (χ2n) is 4.68. The first-order chi connectivity index (χ1) is 8.74. The predicted molar refractivity (Wildman–Crippen MR) is 71.5 cm³/mol. The fraction of sp³-hybridized carbons (Fsp3) is 0.500. The maximum Gasteiger partial charge on any atom is 0.243 e. The highest BCUT2D eigenvalue weighted by Gasteiger charge is 2.27. The molecule has 1 aliphatic rings. The van der Waals surface area contributed by atoms with E-state index in [1.54, 1.807) is 0 Å². The van der Waals surface area contributed by atoms with Crippen LogP contribution in [-0.2, 0) is 11.2 Å². The van der Waals surface area contributed by atoms with Crippen LogP contribution in [0.25, 0.3) is 0 Å². The predicted octanol–water partition coefficient (Wildman–Crippen LogP) is 1.30. The molecule has 4 heteroatoms. The van der Waals surface area contributed by atoms with E-state index in [1.807, 2.05) is 31.2 Å². The van der Waals surface area contributed by atoms with E-state index in [4.69, 9.17) is 5.11 Å². The number of fused-ring (bicyclic) bond motifs is 1. The van der Waals surface area contributed by atoms with Crippen LogP contribution in [0.5, 0.6) is 0 Å². The van der Waals surface area contributed by atoms with Crippen molar-refractivity contribution in [3.05, 3.63) is 29.8 Å². The van der Waals surface area contributed by atoms with Crippen LogP contribution in [0.1, 0.15) is 25.3 Å². The van der Waals surface area contributed by atoms with E-state index in [0.717, 1.165) is 18.5 Å². The average molecular weight is 248 g/mol. The molecule has 0 saturated carbocycles. The van der Waals surface area contributed by atoms with Crippen molar-refractivity contribution in [2.45, 2.75) is 38.3 Å². The summed E-state index contributed by atoms with van der Waals surface area (Å²) in [4.78, 5) is 12.1. The third-order valence-corrected chi connectivity index (χ3v) is 3.40. The van der Waals surface area contributed by atoms with Crippen molar-refractivity contribution in [3.63, 3.8) is 0 Å². The molecule has 4 nitrogen and oxygen atoms in total. The zero-order valence-corrected chi connectivity index (χ0v) is 10.6. The van der Waals surface area contributed by atoms with E-state index in [-0.39, 0.29) is 24.6 Å². The van der Waals surface area contributed by atoms with Crippen molar-refractivity contribution in [2.24, 2.45) is 0 Å². The van der Waals surface area contributed by atoms with Crippen LogP contribution in [0.3, 0.4) is 0 Å². The van der Waals surface area contributed by atoms with Gasteiger partial charge in [0.05, 0.1) is 0 Å². The van der Waals surface area contributed by atoms with E-state index in [0.29, 0.717) is 6.42 Å². The van der Waals surface area contributed by atoms with Gasteiger partial charge in [-0.2, -0.15) is 0 Å². The van der Waals surface area contributed by atoms with Gasteiger partial charge in [-0.25, -0.2) is 0 Å². The number of aliphatic hydroxyl groups excluding tert-OH is 1. The molecule has 1 amide bonds. The monoisotopic (exact) mass is 248 g/mol. The standard InChI is InChI=1S/C14H20N2O2/c1-2-11(7-8-17)15-14(18)13-9-10-5-3-4-6-12(10)16-13/h3-6,11,13,16-17H,2,7-9H2,1H3,(H,15,18). The summed E-state index contributed by atoms with van der Waals surface area (Å²) in [5.41, 5.74) is 2.24. The number of anilines is 1. The van der Waals surface area contributed by atoms with E-state index < -0.39 is 0 Å². The SMILES string of the molecule is CCC(CCO)NC(=O)C1Cc2ccccc2N1. The molecule has 0 spiro atoms. The summed E-state index contributed by atoms with van der Waals surface area (Å²) < 4.78 is 0. The number of aliphatic hydroxyl groups is 1. The van der Waals surface area contributed by atoms with Gasteiger partial charge < -0.3 is 15.7 Å². The molecule has 1 aliphatic heterocycles. The van der Waals surface area contributed by atoms with Gasteiger partial charge in [-0.05, 0) is 24.5 Å². The van der Waals surface area contributed by atoms with Crippen molar-refractivity contribution in [1.82, 2.24) is 5.32 Å². The lowest BCUT2D eigenvalue weighted by molar-refractivity contribution is -0.122. The Morgan fingerprint density at radius 2 is 2.33 bits per heavy atom. The molecule has 1 aromatic carbocycles. The van der Waals surface area contributed by atoms with E-state index in [2.05, 4.69) is 10.6 Å². The summed E-state index contributed by atoms with van der Waals surface area (Å²) in [6.45, 7) is 2.12. The Morgan fingerprint density at radius 1 is 1.56 bits per heavy atom. The summed E-state index contributed by atoms with van der Waals surface area (Å²) in [5, 5.41) is 15.1. The Balaban J connectivity index is 1.92. The first kappa shape index (κ1) is 12.9. The third-order valence-electron chi connectivity index (χ3n) is 3.40. The van der Waals surface area contributed by atoms with Gasteiger partial charge in [0.25, 0.3) is 0 Å². The van der Waals surface area contributed by atoms with E-state index >= 15 is 0 Å². The second kappa shape index (κ2) is 5.87. The zero-order chi connectivity index (χ0) is 13.0. The smallest absolute Gasteiger partial charge is 0.243 e. The topological polar surface area (TPSA) is 61.4 Å². The van der Waals surface area contributed by atoms with Gasteiger partial charge >= 0.3 is 0 Å². The summed E-state index contributed by atoms with van der Waals surface area (Å²) in [6.07, 6.45) is 2.19. The molecule has 0 aliphatic carbocycles. The van der Waals surface area contributed by atoms with Crippen molar-refractivity contribution < 1.29 is 9.90 Å². The van der Waals surface area contributed by atoms with Gasteiger partial charge in [0.2, 0.25) is 5.91 Å². The molecular weight excluding hydrogens is 228 g/mol. The minimum Gasteiger partial charge on any atom is -0.396 e. The van der Waals surface area contributed by atoms with Crippen LogP contribution < -0.4 is 10.6 Å². The number of para-hydroxylation sites is 1. The Morgan fingerprint density at radius 3 is 3.00 bits per heavy atom. The molecular formula is C14H20N2O2. The van der Waals surface area contributed by atoms with Crippen LogP contribution >= 0.6 is 0 Å². The van der Waals surface area contributed by atoms with Gasteiger partial charge in [-0.3, -0.25) is 4.79 Å². The lowest BCUT2D eigenvalue weighted by atomic mass is 10.1. The number of carbonyl (C=O) groups is 1. The summed E-state index contributed by atoms with van der Waals surface area (Å²) in [6, 6.07) is 7.87. The maximum absolute atomic E-state index is 12.1. The van der Waals surface area contributed by atoms with E-state index in [9.17, 15) is 4.79 Å². The van der Waals surface area contributed by atoms with Gasteiger partial charge in [0, 0.05) is 24.8 Å². The molecule has 2 rings (SSSR count). The lowest BCUT2D eigenvalue weighted by Crippen LogP contribution is -2.44. The van der Waals surface area contributed by atoms with Crippen molar-refractivity contribution in [2.75, 3.05) is 11.9 Å². The molecule has 0 bridgehead atoms. The number of benzene rings is 1. The van der Waals surface area contributed by atoms with Gasteiger partial charge in [-0.15, -0.1) is 0 Å². The first-order valence-corrected chi connectivity index (χ1v) is 6.50. The Bertz CT molecular complexity index is 395. The first-order valence-electron chi connectivity index (χ1n) is 6.50. The Labute approximate surface area is 107 Å². The van der Waals surface area contributed by atoms with Crippen molar-refractivity contribution in [3.8, 4) is 0 Å². The lowest BCUT2D eigenvalue weighted by Gasteiger charge is -2.19.